The summed E-state index contributed by atoms with van der Waals surface area (Å²) in [6.45, 7) is 4.61. The monoisotopic (exact) mass is 258 g/mol. The molecule has 1 aliphatic rings. The molecule has 1 aliphatic heterocycles. The highest BCUT2D eigenvalue weighted by molar-refractivity contribution is 6.14. The molecule has 100 valence electrons. The molecule has 0 bridgehead atoms. The smallest absolute Gasteiger partial charge is 0.289 e. The minimum atomic E-state index is -0.321. The Hall–Kier alpha value is -2.10. The summed E-state index contributed by atoms with van der Waals surface area (Å²) in [5.41, 5.74) is 2.48. The number of nitrogens with one attached hydrogen (secondary N) is 1. The van der Waals surface area contributed by atoms with Gasteiger partial charge in [-0.1, -0.05) is 37.6 Å². The number of unbranched alkanes of at least 4 members (excludes halogenated alkanes) is 1. The number of aryl methyl sites for hydroxylation is 1. The van der Waals surface area contributed by atoms with Gasteiger partial charge >= 0.3 is 6.03 Å². The third-order valence-electron chi connectivity index (χ3n) is 3.21. The number of nitrogens with zero attached hydrogens (tertiary/aromatic N) is 1. The summed E-state index contributed by atoms with van der Waals surface area (Å²) in [6.07, 6.45) is 3.65. The van der Waals surface area contributed by atoms with Crippen molar-refractivity contribution < 1.29 is 9.59 Å². The molecule has 1 aromatic rings. The summed E-state index contributed by atoms with van der Waals surface area (Å²) >= 11 is 0. The fourth-order valence-corrected chi connectivity index (χ4v) is 2.04. The van der Waals surface area contributed by atoms with Crippen molar-refractivity contribution >= 4 is 18.0 Å². The summed E-state index contributed by atoms with van der Waals surface area (Å²) in [7, 11) is 0. The molecule has 0 spiro atoms. The maximum atomic E-state index is 11.8. The Morgan fingerprint density at radius 3 is 2.68 bits per heavy atom. The highest BCUT2D eigenvalue weighted by atomic mass is 16.2. The first-order valence-corrected chi connectivity index (χ1v) is 6.53. The van der Waals surface area contributed by atoms with Crippen LogP contribution in [0.15, 0.2) is 30.0 Å². The number of amides is 3. The normalized spacial score (nSPS) is 17.2. The summed E-state index contributed by atoms with van der Waals surface area (Å²) in [6, 6.07) is 7.47. The molecule has 0 aromatic heterocycles. The maximum absolute atomic E-state index is 11.8. The van der Waals surface area contributed by atoms with Gasteiger partial charge in [-0.3, -0.25) is 15.0 Å². The molecular formula is C15H18N2O2. The predicted molar refractivity (Wildman–Crippen MR) is 74.3 cm³/mol. The lowest BCUT2D eigenvalue weighted by Crippen LogP contribution is -2.28. The SMILES string of the molecule is CCCCN1C(=O)NC(=O)C1=Cc1ccccc1C. The molecule has 4 heteroatoms. The highest BCUT2D eigenvalue weighted by Crippen LogP contribution is 2.19. The molecular weight excluding hydrogens is 240 g/mol. The Morgan fingerprint density at radius 1 is 1.26 bits per heavy atom. The van der Waals surface area contributed by atoms with Gasteiger partial charge in [-0.2, -0.15) is 0 Å². The van der Waals surface area contributed by atoms with Crippen molar-refractivity contribution in [2.75, 3.05) is 6.54 Å². The van der Waals surface area contributed by atoms with Gasteiger partial charge in [-0.25, -0.2) is 4.79 Å². The fraction of sp³-hybridized carbons (Fsp3) is 0.333. The standard InChI is InChI=1S/C15H18N2O2/c1-3-4-9-17-13(14(18)16-15(17)19)10-12-8-6-5-7-11(12)2/h5-8,10H,3-4,9H2,1-2H3,(H,16,18,19). The number of carbonyl (C=O) groups is 2. The number of hydrogen-bond acceptors (Lipinski definition) is 2. The van der Waals surface area contributed by atoms with Gasteiger partial charge in [0, 0.05) is 6.54 Å². The summed E-state index contributed by atoms with van der Waals surface area (Å²) in [5, 5.41) is 2.35. The van der Waals surface area contributed by atoms with Crippen molar-refractivity contribution in [1.82, 2.24) is 10.2 Å². The molecule has 0 saturated carbocycles. The molecule has 0 radical (unpaired) electrons. The van der Waals surface area contributed by atoms with Gasteiger partial charge in [0.25, 0.3) is 5.91 Å². The lowest BCUT2D eigenvalue weighted by atomic mass is 10.1. The van der Waals surface area contributed by atoms with E-state index >= 15 is 0 Å². The molecule has 0 unspecified atom stereocenters. The third-order valence-corrected chi connectivity index (χ3v) is 3.21. The minimum absolute atomic E-state index is 0.315. The van der Waals surface area contributed by atoms with Gasteiger partial charge in [-0.15, -0.1) is 0 Å². The minimum Gasteiger partial charge on any atom is -0.289 e. The van der Waals surface area contributed by atoms with Crippen LogP contribution < -0.4 is 5.32 Å². The molecule has 2 rings (SSSR count). The Balaban J connectivity index is 2.32. The van der Waals surface area contributed by atoms with E-state index in [1.807, 2.05) is 31.2 Å². The average molecular weight is 258 g/mol. The van der Waals surface area contributed by atoms with Crippen LogP contribution >= 0.6 is 0 Å². The molecule has 1 N–H and O–H groups in total. The van der Waals surface area contributed by atoms with Crippen molar-refractivity contribution in [3.8, 4) is 0 Å². The van der Waals surface area contributed by atoms with Crippen LogP contribution in [-0.2, 0) is 4.79 Å². The van der Waals surface area contributed by atoms with Crippen LogP contribution in [0.5, 0.6) is 0 Å². The van der Waals surface area contributed by atoms with Crippen LogP contribution in [0.2, 0.25) is 0 Å². The zero-order chi connectivity index (χ0) is 13.8. The number of carbonyl (C=O) groups excluding carboxylic acids is 2. The zero-order valence-electron chi connectivity index (χ0n) is 11.3. The van der Waals surface area contributed by atoms with Gasteiger partial charge in [0.1, 0.15) is 5.70 Å². The van der Waals surface area contributed by atoms with Gasteiger partial charge in [0.05, 0.1) is 0 Å². The quantitative estimate of drug-likeness (QED) is 0.666. The van der Waals surface area contributed by atoms with Gasteiger partial charge < -0.3 is 0 Å². The molecule has 1 saturated heterocycles. The predicted octanol–water partition coefficient (Wildman–Crippen LogP) is 2.69. The fourth-order valence-electron chi connectivity index (χ4n) is 2.04. The van der Waals surface area contributed by atoms with E-state index in [2.05, 4.69) is 12.2 Å². The van der Waals surface area contributed by atoms with Crippen LogP contribution in [0, 0.1) is 6.92 Å². The first kappa shape index (κ1) is 13.3. The number of rotatable bonds is 4. The first-order valence-electron chi connectivity index (χ1n) is 6.53. The van der Waals surface area contributed by atoms with Crippen molar-refractivity contribution in [3.05, 3.63) is 41.1 Å². The summed E-state index contributed by atoms with van der Waals surface area (Å²) in [5.74, 6) is -0.315. The molecule has 1 aromatic carbocycles. The van der Waals surface area contributed by atoms with Crippen molar-refractivity contribution in [1.29, 1.82) is 0 Å². The van der Waals surface area contributed by atoms with E-state index < -0.39 is 0 Å². The van der Waals surface area contributed by atoms with Crippen molar-refractivity contribution in [2.45, 2.75) is 26.7 Å². The van der Waals surface area contributed by atoms with Gasteiger partial charge in [-0.05, 0) is 30.5 Å². The topological polar surface area (TPSA) is 49.4 Å². The van der Waals surface area contributed by atoms with E-state index in [0.717, 1.165) is 24.0 Å². The highest BCUT2D eigenvalue weighted by Gasteiger charge is 2.32. The van der Waals surface area contributed by atoms with E-state index in [1.165, 1.54) is 4.90 Å². The van der Waals surface area contributed by atoms with E-state index in [9.17, 15) is 9.59 Å². The van der Waals surface area contributed by atoms with Crippen LogP contribution in [0.1, 0.15) is 30.9 Å². The van der Waals surface area contributed by atoms with Crippen LogP contribution in [-0.4, -0.2) is 23.4 Å². The lowest BCUT2D eigenvalue weighted by Gasteiger charge is -2.14. The Labute approximate surface area is 113 Å². The number of urea groups is 1. The summed E-state index contributed by atoms with van der Waals surface area (Å²) in [4.78, 5) is 25.1. The first-order chi connectivity index (χ1) is 9.13. The number of imide groups is 1. The van der Waals surface area contributed by atoms with E-state index in [0.29, 0.717) is 12.2 Å². The van der Waals surface area contributed by atoms with Crippen LogP contribution in [0.3, 0.4) is 0 Å². The number of hydrogen-bond donors (Lipinski definition) is 1. The Bertz CT molecular complexity index is 535. The molecule has 0 atom stereocenters. The second-order valence-corrected chi connectivity index (χ2v) is 4.65. The van der Waals surface area contributed by atoms with Crippen molar-refractivity contribution in [2.24, 2.45) is 0 Å². The van der Waals surface area contributed by atoms with Gasteiger partial charge in [0.15, 0.2) is 0 Å². The Kier molecular flexibility index (Phi) is 4.00. The number of benzene rings is 1. The van der Waals surface area contributed by atoms with Crippen molar-refractivity contribution in [3.63, 3.8) is 0 Å². The third kappa shape index (κ3) is 2.84. The molecule has 1 fully saturated rings. The molecule has 19 heavy (non-hydrogen) atoms. The van der Waals surface area contributed by atoms with Crippen LogP contribution in [0.4, 0.5) is 4.79 Å². The maximum Gasteiger partial charge on any atom is 0.329 e. The molecule has 3 amide bonds. The second kappa shape index (κ2) is 5.69. The van der Waals surface area contributed by atoms with E-state index in [1.54, 1.807) is 6.08 Å². The lowest BCUT2D eigenvalue weighted by molar-refractivity contribution is -0.116. The largest absolute Gasteiger partial charge is 0.329 e. The van der Waals surface area contributed by atoms with E-state index in [4.69, 9.17) is 0 Å². The van der Waals surface area contributed by atoms with Crippen LogP contribution in [0.25, 0.3) is 6.08 Å². The van der Waals surface area contributed by atoms with Gasteiger partial charge in [0.2, 0.25) is 0 Å². The zero-order valence-corrected chi connectivity index (χ0v) is 11.3. The molecule has 4 nitrogen and oxygen atoms in total. The second-order valence-electron chi connectivity index (χ2n) is 4.65. The Morgan fingerprint density at radius 2 is 2.00 bits per heavy atom. The molecule has 1 heterocycles. The average Bonchev–Trinajstić information content (AvgIpc) is 2.65. The summed E-state index contributed by atoms with van der Waals surface area (Å²) < 4.78 is 0. The van der Waals surface area contributed by atoms with E-state index in [-0.39, 0.29) is 11.9 Å². The molecule has 0 aliphatic carbocycles.